The van der Waals surface area contributed by atoms with Crippen molar-refractivity contribution in [2.75, 3.05) is 25.6 Å². The van der Waals surface area contributed by atoms with Crippen LogP contribution in [0.15, 0.2) is 10.5 Å². The molecule has 0 radical (unpaired) electrons. The first-order valence-electron chi connectivity index (χ1n) is 15.4. The topological polar surface area (TPSA) is 193 Å². The van der Waals surface area contributed by atoms with Crippen LogP contribution in [-0.4, -0.2) is 105 Å². The highest BCUT2D eigenvalue weighted by molar-refractivity contribution is 7.14. The minimum atomic E-state index is -1.21. The molecule has 1 fully saturated rings. The minimum Gasteiger partial charge on any atom is -0.457 e. The van der Waals surface area contributed by atoms with Gasteiger partial charge in [-0.15, -0.1) is 11.3 Å². The second-order valence-corrected chi connectivity index (χ2v) is 17.4. The number of amides is 3. The number of esters is 1. The van der Waals surface area contributed by atoms with Gasteiger partial charge in [0.2, 0.25) is 18.8 Å². The number of nitrogens with zero attached hydrogens (tertiary/aromatic N) is 3. The number of ether oxygens (including phenoxy) is 5. The number of methoxy groups -OCH3 is 1. The lowest BCUT2D eigenvalue weighted by Gasteiger charge is -2.49. The lowest BCUT2D eigenvalue weighted by Crippen LogP contribution is -2.74. The van der Waals surface area contributed by atoms with Crippen LogP contribution in [0.4, 0.5) is 14.7 Å². The van der Waals surface area contributed by atoms with Gasteiger partial charge < -0.3 is 38.4 Å². The predicted molar refractivity (Wildman–Crippen MR) is 179 cm³/mol. The normalized spacial score (nSPS) is 18.5. The Morgan fingerprint density at radius 3 is 2.23 bits per heavy atom. The molecular formula is C30H49N5O11SSi. The number of carbonyl (C=O) groups excluding carboxylic acids is 5. The van der Waals surface area contributed by atoms with Crippen LogP contribution in [0.1, 0.15) is 81.9 Å². The molecule has 0 spiro atoms. The molecule has 0 bridgehead atoms. The molecule has 48 heavy (non-hydrogen) atoms. The van der Waals surface area contributed by atoms with Crippen molar-refractivity contribution in [1.82, 2.24) is 14.9 Å². The fraction of sp³-hybridized carbons (Fsp3) is 0.700. The van der Waals surface area contributed by atoms with Crippen LogP contribution in [0.2, 0.25) is 5.54 Å². The summed E-state index contributed by atoms with van der Waals surface area (Å²) in [5.41, 5.74) is -1.84. The standard InChI is InChI=1S/C30H49N5O11SSi/c1-16(28(3,4)5)48-35-19(13-42-27(40)44-17(2)41-12)22(24(35)38)32-23(37)21(34-43-14-20(36)45-29(6,7)8)18-15-47-25(31-18)33-26(39)46-30(9,10)11/h15-17,19,22H,13-14,48H2,1-12H3,(H,32,37)(H,31,33,39). The highest BCUT2D eigenvalue weighted by Crippen LogP contribution is 2.33. The molecule has 18 heteroatoms. The number of thiazole rings is 1. The number of nitrogens with one attached hydrogen (secondary N) is 2. The summed E-state index contributed by atoms with van der Waals surface area (Å²) in [6, 6.07) is -1.77. The molecule has 0 aromatic carbocycles. The van der Waals surface area contributed by atoms with Gasteiger partial charge in [-0.1, -0.05) is 32.9 Å². The number of hydrogen-bond acceptors (Lipinski definition) is 14. The smallest absolute Gasteiger partial charge is 0.457 e. The Morgan fingerprint density at radius 2 is 1.67 bits per heavy atom. The van der Waals surface area contributed by atoms with Crippen molar-refractivity contribution in [2.24, 2.45) is 10.6 Å². The molecule has 270 valence electrons. The van der Waals surface area contributed by atoms with E-state index >= 15 is 0 Å². The molecule has 1 aromatic heterocycles. The predicted octanol–water partition coefficient (Wildman–Crippen LogP) is 3.33. The van der Waals surface area contributed by atoms with Crippen molar-refractivity contribution in [3.05, 3.63) is 11.1 Å². The van der Waals surface area contributed by atoms with E-state index in [1.54, 1.807) is 46.1 Å². The molecule has 2 heterocycles. The Bertz CT molecular complexity index is 1350. The van der Waals surface area contributed by atoms with Crippen molar-refractivity contribution in [3.8, 4) is 0 Å². The minimum absolute atomic E-state index is 0.0166. The van der Waals surface area contributed by atoms with E-state index in [1.807, 2.05) is 0 Å². The molecule has 1 aliphatic heterocycles. The number of rotatable bonds is 13. The molecule has 16 nitrogen and oxygen atoms in total. The van der Waals surface area contributed by atoms with E-state index in [0.717, 1.165) is 11.3 Å². The SMILES string of the molecule is COC(C)OC(=O)OCC1C(NC(=O)C(=NOCC(=O)OC(C)(C)C)c2csc(NC(=O)OC(C)(C)C)n2)C(=O)N1[SiH2]C(C)C(C)(C)C. The maximum atomic E-state index is 13.7. The number of oxime groups is 1. The Morgan fingerprint density at radius 1 is 1.04 bits per heavy atom. The first-order chi connectivity index (χ1) is 22.0. The summed E-state index contributed by atoms with van der Waals surface area (Å²) < 4.78 is 27.4. The third-order valence-corrected chi connectivity index (χ3v) is 10.6. The van der Waals surface area contributed by atoms with Crippen LogP contribution in [0.3, 0.4) is 0 Å². The van der Waals surface area contributed by atoms with Crippen molar-refractivity contribution in [1.29, 1.82) is 0 Å². The van der Waals surface area contributed by atoms with E-state index in [4.69, 9.17) is 28.5 Å². The zero-order valence-electron chi connectivity index (χ0n) is 29.7. The summed E-state index contributed by atoms with van der Waals surface area (Å²) in [5.74, 6) is -1.94. The first kappa shape index (κ1) is 40.4. The Kier molecular flexibility index (Phi) is 13.9. The van der Waals surface area contributed by atoms with E-state index < -0.39 is 70.0 Å². The Balaban J connectivity index is 2.33. The fourth-order valence-electron chi connectivity index (χ4n) is 3.88. The first-order valence-corrected chi connectivity index (χ1v) is 17.7. The average Bonchev–Trinajstić information content (AvgIpc) is 3.38. The molecule has 1 aromatic rings. The highest BCUT2D eigenvalue weighted by Gasteiger charge is 2.50. The van der Waals surface area contributed by atoms with Gasteiger partial charge in [-0.3, -0.25) is 14.9 Å². The largest absolute Gasteiger partial charge is 0.510 e. The van der Waals surface area contributed by atoms with Gasteiger partial charge in [0.25, 0.3) is 5.91 Å². The van der Waals surface area contributed by atoms with Gasteiger partial charge in [-0.2, -0.15) is 0 Å². The highest BCUT2D eigenvalue weighted by atomic mass is 32.1. The van der Waals surface area contributed by atoms with Crippen LogP contribution in [0, 0.1) is 5.41 Å². The van der Waals surface area contributed by atoms with Gasteiger partial charge >= 0.3 is 18.2 Å². The summed E-state index contributed by atoms with van der Waals surface area (Å²) in [5, 5.41) is 10.5. The summed E-state index contributed by atoms with van der Waals surface area (Å²) in [7, 11) is 0.156. The van der Waals surface area contributed by atoms with E-state index in [-0.39, 0.29) is 40.0 Å². The van der Waals surface area contributed by atoms with Crippen LogP contribution >= 0.6 is 11.3 Å². The molecule has 2 rings (SSSR count). The molecule has 3 amide bonds. The molecule has 2 N–H and O–H groups in total. The summed E-state index contributed by atoms with van der Waals surface area (Å²) in [4.78, 5) is 73.3. The number of hydrogen-bond donors (Lipinski definition) is 2. The van der Waals surface area contributed by atoms with Gasteiger partial charge in [0.1, 0.15) is 39.2 Å². The summed E-state index contributed by atoms with van der Waals surface area (Å²) >= 11 is 0.982. The molecule has 0 aliphatic carbocycles. The fourth-order valence-corrected chi connectivity index (χ4v) is 6.66. The van der Waals surface area contributed by atoms with Crippen molar-refractivity contribution in [3.63, 3.8) is 0 Å². The average molecular weight is 716 g/mol. The Labute approximate surface area is 287 Å². The van der Waals surface area contributed by atoms with Crippen LogP contribution < -0.4 is 10.6 Å². The van der Waals surface area contributed by atoms with Crippen LogP contribution in [0.25, 0.3) is 0 Å². The van der Waals surface area contributed by atoms with Crippen molar-refractivity contribution < 1.29 is 52.5 Å². The molecular weight excluding hydrogens is 667 g/mol. The maximum Gasteiger partial charge on any atom is 0.510 e. The van der Waals surface area contributed by atoms with Gasteiger partial charge in [-0.25, -0.2) is 19.4 Å². The number of β-lactam (4-membered cyclic amide) rings is 1. The molecule has 1 aliphatic rings. The van der Waals surface area contributed by atoms with Crippen LogP contribution in [-0.2, 0) is 42.9 Å². The van der Waals surface area contributed by atoms with E-state index in [9.17, 15) is 24.0 Å². The zero-order chi connectivity index (χ0) is 36.6. The van der Waals surface area contributed by atoms with Gasteiger partial charge in [0.15, 0.2) is 10.8 Å². The second-order valence-electron chi connectivity index (χ2n) is 14.2. The van der Waals surface area contributed by atoms with E-state index in [2.05, 4.69) is 48.5 Å². The maximum absolute atomic E-state index is 13.7. The third-order valence-electron chi connectivity index (χ3n) is 6.86. The Hall–Kier alpha value is -3.77. The van der Waals surface area contributed by atoms with Crippen LogP contribution in [0.5, 0.6) is 0 Å². The van der Waals surface area contributed by atoms with E-state index in [0.29, 0.717) is 0 Å². The van der Waals surface area contributed by atoms with Crippen molar-refractivity contribution >= 4 is 61.9 Å². The van der Waals surface area contributed by atoms with E-state index in [1.165, 1.54) is 19.4 Å². The van der Waals surface area contributed by atoms with Gasteiger partial charge in [-0.05, 0) is 59.4 Å². The lowest BCUT2D eigenvalue weighted by atomic mass is 9.93. The summed E-state index contributed by atoms with van der Waals surface area (Å²) in [6.45, 7) is 19.1. The molecule has 1 saturated heterocycles. The quantitative estimate of drug-likeness (QED) is 0.0577. The molecule has 4 unspecified atom stereocenters. The molecule has 0 saturated carbocycles. The third kappa shape index (κ3) is 13.0. The summed E-state index contributed by atoms with van der Waals surface area (Å²) in [6.07, 6.45) is -2.61. The monoisotopic (exact) mass is 715 g/mol. The van der Waals surface area contributed by atoms with Gasteiger partial charge in [0.05, 0.1) is 6.04 Å². The number of anilines is 1. The second kappa shape index (κ2) is 16.6. The number of carbonyl (C=O) groups is 5. The molecule has 4 atom stereocenters. The number of aromatic nitrogens is 1. The van der Waals surface area contributed by atoms with Crippen molar-refractivity contribution in [2.45, 2.75) is 111 Å². The zero-order valence-corrected chi connectivity index (χ0v) is 32.0. The van der Waals surface area contributed by atoms with Gasteiger partial charge in [0, 0.05) is 12.5 Å². The lowest BCUT2D eigenvalue weighted by molar-refractivity contribution is -0.160.